The molecular weight excluding hydrogens is 178 g/mol. The van der Waals surface area contributed by atoms with Gasteiger partial charge in [0.15, 0.2) is 0 Å². The Kier molecular flexibility index (Phi) is 2.77. The molecule has 0 amide bonds. The van der Waals surface area contributed by atoms with E-state index in [1.165, 1.54) is 6.42 Å². The number of hydrogen-bond acceptors (Lipinski definition) is 2. The molecule has 0 bridgehead atoms. The topological polar surface area (TPSA) is 40.5 Å². The van der Waals surface area contributed by atoms with Crippen molar-refractivity contribution in [3.63, 3.8) is 0 Å². The van der Waals surface area contributed by atoms with Gasteiger partial charge in [-0.25, -0.2) is 0 Å². The molecule has 1 aliphatic carbocycles. The van der Waals surface area contributed by atoms with Gasteiger partial charge in [0.2, 0.25) is 0 Å². The van der Waals surface area contributed by atoms with Crippen LogP contribution in [0.5, 0.6) is 0 Å². The Morgan fingerprint density at radius 3 is 2.43 bits per heavy atom. The van der Waals surface area contributed by atoms with Crippen LogP contribution in [0.25, 0.3) is 0 Å². The summed E-state index contributed by atoms with van der Waals surface area (Å²) in [7, 11) is 2.08. The van der Waals surface area contributed by atoms with E-state index in [2.05, 4.69) is 11.9 Å². The van der Waals surface area contributed by atoms with Crippen LogP contribution in [0, 0.1) is 17.8 Å². The van der Waals surface area contributed by atoms with Gasteiger partial charge in [-0.3, -0.25) is 4.79 Å². The standard InChI is InChI=1S/C11H19NO2/c1-12-6-5-9(7-12)10(11(13)14)8-3-2-4-8/h8-10H,2-7H2,1H3,(H,13,14). The summed E-state index contributed by atoms with van der Waals surface area (Å²) in [6, 6.07) is 0. The molecule has 3 heteroatoms. The van der Waals surface area contributed by atoms with E-state index in [9.17, 15) is 9.90 Å². The molecule has 2 unspecified atom stereocenters. The number of rotatable bonds is 3. The van der Waals surface area contributed by atoms with Crippen molar-refractivity contribution in [3.05, 3.63) is 0 Å². The van der Waals surface area contributed by atoms with Gasteiger partial charge in [0, 0.05) is 6.54 Å². The lowest BCUT2D eigenvalue weighted by Crippen LogP contribution is -2.35. The van der Waals surface area contributed by atoms with Crippen LogP contribution < -0.4 is 0 Å². The van der Waals surface area contributed by atoms with Crippen LogP contribution in [0.1, 0.15) is 25.7 Å². The summed E-state index contributed by atoms with van der Waals surface area (Å²) in [4.78, 5) is 13.5. The van der Waals surface area contributed by atoms with Crippen LogP contribution in [0.2, 0.25) is 0 Å². The minimum atomic E-state index is -0.560. The summed E-state index contributed by atoms with van der Waals surface area (Å²) in [6.45, 7) is 2.05. The number of hydrogen-bond donors (Lipinski definition) is 1. The predicted octanol–water partition coefficient (Wildman–Crippen LogP) is 1.44. The van der Waals surface area contributed by atoms with E-state index in [0.717, 1.165) is 32.4 Å². The van der Waals surface area contributed by atoms with Gasteiger partial charge in [-0.1, -0.05) is 6.42 Å². The van der Waals surface area contributed by atoms with E-state index in [4.69, 9.17) is 0 Å². The second kappa shape index (κ2) is 3.89. The van der Waals surface area contributed by atoms with Crippen molar-refractivity contribution in [1.82, 2.24) is 4.90 Å². The molecule has 3 nitrogen and oxygen atoms in total. The molecule has 1 saturated heterocycles. The second-order valence-corrected chi connectivity index (χ2v) is 4.87. The fourth-order valence-corrected chi connectivity index (χ4v) is 2.85. The Labute approximate surface area is 85.1 Å². The van der Waals surface area contributed by atoms with Crippen molar-refractivity contribution in [1.29, 1.82) is 0 Å². The first-order chi connectivity index (χ1) is 6.68. The Morgan fingerprint density at radius 2 is 2.07 bits per heavy atom. The first-order valence-electron chi connectivity index (χ1n) is 5.60. The summed E-state index contributed by atoms with van der Waals surface area (Å²) < 4.78 is 0. The summed E-state index contributed by atoms with van der Waals surface area (Å²) in [5, 5.41) is 9.24. The average molecular weight is 197 g/mol. The summed E-state index contributed by atoms with van der Waals surface area (Å²) in [5.74, 6) is 0.260. The van der Waals surface area contributed by atoms with Crippen LogP contribution in [0.4, 0.5) is 0 Å². The number of likely N-dealkylation sites (tertiary alicyclic amines) is 1. The predicted molar refractivity (Wildman–Crippen MR) is 54.1 cm³/mol. The lowest BCUT2D eigenvalue weighted by molar-refractivity contribution is -0.147. The molecule has 0 aromatic carbocycles. The first-order valence-corrected chi connectivity index (χ1v) is 5.60. The van der Waals surface area contributed by atoms with E-state index >= 15 is 0 Å². The van der Waals surface area contributed by atoms with E-state index in [1.54, 1.807) is 0 Å². The molecule has 14 heavy (non-hydrogen) atoms. The molecule has 0 radical (unpaired) electrons. The minimum Gasteiger partial charge on any atom is -0.481 e. The van der Waals surface area contributed by atoms with Crippen LogP contribution >= 0.6 is 0 Å². The maximum atomic E-state index is 11.2. The van der Waals surface area contributed by atoms with Crippen LogP contribution in [-0.2, 0) is 4.79 Å². The van der Waals surface area contributed by atoms with Gasteiger partial charge >= 0.3 is 5.97 Å². The molecule has 1 N–H and O–H groups in total. The first kappa shape index (κ1) is 9.97. The number of carbonyl (C=O) groups is 1. The Bertz CT molecular complexity index is 225. The smallest absolute Gasteiger partial charge is 0.307 e. The van der Waals surface area contributed by atoms with Gasteiger partial charge < -0.3 is 10.0 Å². The number of nitrogens with zero attached hydrogens (tertiary/aromatic N) is 1. The fraction of sp³-hybridized carbons (Fsp3) is 0.909. The van der Waals surface area contributed by atoms with Crippen molar-refractivity contribution in [3.8, 4) is 0 Å². The average Bonchev–Trinajstić information content (AvgIpc) is 2.42. The zero-order chi connectivity index (χ0) is 10.1. The highest BCUT2D eigenvalue weighted by molar-refractivity contribution is 5.71. The lowest BCUT2D eigenvalue weighted by Gasteiger charge is -2.34. The maximum absolute atomic E-state index is 11.2. The van der Waals surface area contributed by atoms with Crippen molar-refractivity contribution in [2.45, 2.75) is 25.7 Å². The molecule has 1 heterocycles. The van der Waals surface area contributed by atoms with Gasteiger partial charge in [-0.2, -0.15) is 0 Å². The fourth-order valence-electron chi connectivity index (χ4n) is 2.85. The monoisotopic (exact) mass is 197 g/mol. The molecule has 80 valence electrons. The number of aliphatic carboxylic acids is 1. The minimum absolute atomic E-state index is 0.0614. The molecule has 2 rings (SSSR count). The molecule has 0 aromatic rings. The number of carboxylic acid groups (broad SMARTS) is 1. The maximum Gasteiger partial charge on any atom is 0.307 e. The third-order valence-electron chi connectivity index (χ3n) is 3.88. The molecule has 0 aromatic heterocycles. The molecule has 1 aliphatic heterocycles. The summed E-state index contributed by atoms with van der Waals surface area (Å²) in [5.41, 5.74) is 0. The molecule has 0 spiro atoms. The largest absolute Gasteiger partial charge is 0.481 e. The van der Waals surface area contributed by atoms with Gasteiger partial charge in [-0.05, 0) is 44.7 Å². The van der Waals surface area contributed by atoms with Crippen LogP contribution in [-0.4, -0.2) is 36.1 Å². The van der Waals surface area contributed by atoms with E-state index in [0.29, 0.717) is 11.8 Å². The second-order valence-electron chi connectivity index (χ2n) is 4.87. The Balaban J connectivity index is 1.99. The molecule has 1 saturated carbocycles. The van der Waals surface area contributed by atoms with Crippen LogP contribution in [0.15, 0.2) is 0 Å². The summed E-state index contributed by atoms with van der Waals surface area (Å²) >= 11 is 0. The van der Waals surface area contributed by atoms with Gasteiger partial charge in [0.05, 0.1) is 5.92 Å². The highest BCUT2D eigenvalue weighted by atomic mass is 16.4. The highest BCUT2D eigenvalue weighted by Crippen LogP contribution is 2.40. The van der Waals surface area contributed by atoms with Gasteiger partial charge in [0.25, 0.3) is 0 Å². The SMILES string of the molecule is CN1CCC(C(C(=O)O)C2CCC2)C1. The van der Waals surface area contributed by atoms with Crippen molar-refractivity contribution in [2.75, 3.05) is 20.1 Å². The van der Waals surface area contributed by atoms with Crippen LogP contribution in [0.3, 0.4) is 0 Å². The molecular formula is C11H19NO2. The molecule has 2 aliphatic rings. The zero-order valence-electron chi connectivity index (χ0n) is 8.78. The third-order valence-corrected chi connectivity index (χ3v) is 3.88. The quantitative estimate of drug-likeness (QED) is 0.744. The highest BCUT2D eigenvalue weighted by Gasteiger charge is 2.40. The number of carboxylic acids is 1. The van der Waals surface area contributed by atoms with Crippen molar-refractivity contribution >= 4 is 5.97 Å². The lowest BCUT2D eigenvalue weighted by atomic mass is 9.70. The Morgan fingerprint density at radius 1 is 1.36 bits per heavy atom. The van der Waals surface area contributed by atoms with Gasteiger partial charge in [0.1, 0.15) is 0 Å². The van der Waals surface area contributed by atoms with E-state index < -0.39 is 5.97 Å². The molecule has 2 atom stereocenters. The molecule has 2 fully saturated rings. The summed E-state index contributed by atoms with van der Waals surface area (Å²) in [6.07, 6.45) is 4.58. The van der Waals surface area contributed by atoms with Crippen molar-refractivity contribution < 1.29 is 9.90 Å². The van der Waals surface area contributed by atoms with Crippen molar-refractivity contribution in [2.24, 2.45) is 17.8 Å². The Hall–Kier alpha value is -0.570. The zero-order valence-corrected chi connectivity index (χ0v) is 8.78. The van der Waals surface area contributed by atoms with Gasteiger partial charge in [-0.15, -0.1) is 0 Å². The normalized spacial score (nSPS) is 31.4. The van der Waals surface area contributed by atoms with E-state index in [-0.39, 0.29) is 5.92 Å². The third kappa shape index (κ3) is 1.78. The van der Waals surface area contributed by atoms with E-state index in [1.807, 2.05) is 0 Å².